The van der Waals surface area contributed by atoms with Crippen molar-refractivity contribution in [2.45, 2.75) is 31.7 Å². The van der Waals surface area contributed by atoms with Crippen molar-refractivity contribution in [3.8, 4) is 0 Å². The number of rotatable bonds is 2. The third-order valence-corrected chi connectivity index (χ3v) is 4.87. The van der Waals surface area contributed by atoms with Crippen molar-refractivity contribution in [1.29, 1.82) is 0 Å². The molecule has 2 aliphatic heterocycles. The zero-order valence-electron chi connectivity index (χ0n) is 13.2. The van der Waals surface area contributed by atoms with Gasteiger partial charge in [0.25, 0.3) is 5.92 Å². The largest absolute Gasteiger partial charge is 0.345 e. The number of aromatic nitrogens is 2. The number of carbonyl (C=O) groups excluding carboxylic acids is 1. The van der Waals surface area contributed by atoms with Gasteiger partial charge in [-0.3, -0.25) is 10.1 Å². The zero-order valence-corrected chi connectivity index (χ0v) is 15.7. The first-order chi connectivity index (χ1) is 10.4. The number of amides is 1. The summed E-state index contributed by atoms with van der Waals surface area (Å²) < 4.78 is 30.6. The van der Waals surface area contributed by atoms with E-state index in [1.807, 2.05) is 6.92 Å². The molecule has 0 saturated carbocycles. The standard InChI is InChI=1S/C13H19F2N5OS.2ClH/c1-9-17-12(22-18-9)20-4-2-3-19(5-6-20)11(21)10-7-13(14,15)8-16-10;;/h10,16H,2-8H2,1H3;2*1H. The summed E-state index contributed by atoms with van der Waals surface area (Å²) in [6.45, 7) is 4.02. The molecular weight excluding hydrogens is 383 g/mol. The summed E-state index contributed by atoms with van der Waals surface area (Å²) in [6.07, 6.45) is 0.398. The van der Waals surface area contributed by atoms with Gasteiger partial charge in [-0.05, 0) is 13.3 Å². The van der Waals surface area contributed by atoms with Crippen molar-refractivity contribution < 1.29 is 13.6 Å². The molecule has 138 valence electrons. The molecule has 6 nitrogen and oxygen atoms in total. The SMILES string of the molecule is Cc1nsc(N2CCCN(C(=O)C3CC(F)(F)CN3)CC2)n1.Cl.Cl. The third kappa shape index (κ3) is 4.87. The summed E-state index contributed by atoms with van der Waals surface area (Å²) in [7, 11) is 0. The van der Waals surface area contributed by atoms with Crippen LogP contribution in [0.2, 0.25) is 0 Å². The maximum absolute atomic E-state index is 13.2. The molecule has 3 heterocycles. The molecule has 1 aromatic rings. The maximum Gasteiger partial charge on any atom is 0.262 e. The van der Waals surface area contributed by atoms with Crippen molar-refractivity contribution >= 4 is 47.4 Å². The number of nitrogens with zero attached hydrogens (tertiary/aromatic N) is 4. The first-order valence-electron chi connectivity index (χ1n) is 7.40. The van der Waals surface area contributed by atoms with Crippen molar-refractivity contribution in [3.63, 3.8) is 0 Å². The van der Waals surface area contributed by atoms with Gasteiger partial charge in [0.2, 0.25) is 11.0 Å². The van der Waals surface area contributed by atoms with Crippen LogP contribution < -0.4 is 10.2 Å². The van der Waals surface area contributed by atoms with E-state index in [4.69, 9.17) is 0 Å². The van der Waals surface area contributed by atoms with Gasteiger partial charge in [-0.15, -0.1) is 24.8 Å². The predicted molar refractivity (Wildman–Crippen MR) is 93.9 cm³/mol. The smallest absolute Gasteiger partial charge is 0.262 e. The highest BCUT2D eigenvalue weighted by molar-refractivity contribution is 7.09. The van der Waals surface area contributed by atoms with Gasteiger partial charge in [-0.1, -0.05) is 0 Å². The van der Waals surface area contributed by atoms with E-state index in [9.17, 15) is 13.6 Å². The minimum atomic E-state index is -2.78. The van der Waals surface area contributed by atoms with Gasteiger partial charge in [0, 0.05) is 44.1 Å². The second-order valence-electron chi connectivity index (χ2n) is 5.78. The van der Waals surface area contributed by atoms with Crippen LogP contribution in [0.1, 0.15) is 18.7 Å². The van der Waals surface area contributed by atoms with Crippen molar-refractivity contribution in [2.75, 3.05) is 37.6 Å². The van der Waals surface area contributed by atoms with E-state index < -0.39 is 24.9 Å². The number of alkyl halides is 2. The molecule has 0 bridgehead atoms. The van der Waals surface area contributed by atoms with Crippen LogP contribution >= 0.6 is 36.3 Å². The lowest BCUT2D eigenvalue weighted by Gasteiger charge is -2.24. The van der Waals surface area contributed by atoms with Crippen LogP contribution in [0, 0.1) is 6.92 Å². The van der Waals surface area contributed by atoms with E-state index >= 15 is 0 Å². The molecule has 2 saturated heterocycles. The fourth-order valence-corrected chi connectivity index (χ4v) is 3.58. The molecule has 2 aliphatic rings. The van der Waals surface area contributed by atoms with E-state index in [-0.39, 0.29) is 30.7 Å². The molecule has 1 amide bonds. The first-order valence-corrected chi connectivity index (χ1v) is 8.17. The van der Waals surface area contributed by atoms with E-state index in [1.165, 1.54) is 11.5 Å². The van der Waals surface area contributed by atoms with Gasteiger partial charge in [0.1, 0.15) is 5.82 Å². The third-order valence-electron chi connectivity index (χ3n) is 4.00. The van der Waals surface area contributed by atoms with Crippen LogP contribution in [0.25, 0.3) is 0 Å². The first kappa shape index (κ1) is 21.3. The highest BCUT2D eigenvalue weighted by Gasteiger charge is 2.43. The second kappa shape index (κ2) is 8.55. The summed E-state index contributed by atoms with van der Waals surface area (Å²) in [5.41, 5.74) is 0. The molecule has 3 rings (SSSR count). The molecule has 1 aromatic heterocycles. The van der Waals surface area contributed by atoms with Crippen molar-refractivity contribution in [2.24, 2.45) is 0 Å². The lowest BCUT2D eigenvalue weighted by atomic mass is 10.1. The number of aryl methyl sites for hydroxylation is 1. The number of hydrogen-bond acceptors (Lipinski definition) is 6. The molecule has 0 aromatic carbocycles. The van der Waals surface area contributed by atoms with Crippen LogP contribution in [0.5, 0.6) is 0 Å². The summed E-state index contributed by atoms with van der Waals surface area (Å²) in [4.78, 5) is 20.5. The molecular formula is C13H21Cl2F2N5OS. The molecule has 1 unspecified atom stereocenters. The fourth-order valence-electron chi connectivity index (χ4n) is 2.85. The van der Waals surface area contributed by atoms with Gasteiger partial charge in [-0.2, -0.15) is 4.37 Å². The average molecular weight is 404 g/mol. The topological polar surface area (TPSA) is 61.4 Å². The molecule has 1 N–H and O–H groups in total. The maximum atomic E-state index is 13.2. The average Bonchev–Trinajstić information content (AvgIpc) is 2.96. The minimum Gasteiger partial charge on any atom is -0.345 e. The van der Waals surface area contributed by atoms with E-state index in [0.717, 1.165) is 23.9 Å². The fraction of sp³-hybridized carbons (Fsp3) is 0.769. The van der Waals surface area contributed by atoms with E-state index in [0.29, 0.717) is 19.6 Å². The Bertz CT molecular complexity index is 562. The van der Waals surface area contributed by atoms with Crippen LogP contribution in [0.15, 0.2) is 0 Å². The normalized spacial score (nSPS) is 23.2. The Labute approximate surface area is 156 Å². The second-order valence-corrected chi connectivity index (χ2v) is 6.51. The predicted octanol–water partition coefficient (Wildman–Crippen LogP) is 1.73. The van der Waals surface area contributed by atoms with Gasteiger partial charge >= 0.3 is 0 Å². The van der Waals surface area contributed by atoms with E-state index in [1.54, 1.807) is 4.90 Å². The number of carbonyl (C=O) groups is 1. The lowest BCUT2D eigenvalue weighted by Crippen LogP contribution is -2.45. The molecule has 0 radical (unpaired) electrons. The van der Waals surface area contributed by atoms with Crippen LogP contribution in [0.3, 0.4) is 0 Å². The van der Waals surface area contributed by atoms with Gasteiger partial charge in [-0.25, -0.2) is 13.8 Å². The Hall–Kier alpha value is -0.770. The molecule has 2 fully saturated rings. The summed E-state index contributed by atoms with van der Waals surface area (Å²) >= 11 is 1.35. The van der Waals surface area contributed by atoms with Crippen LogP contribution in [0.4, 0.5) is 13.9 Å². The Morgan fingerprint density at radius 3 is 2.62 bits per heavy atom. The number of halogens is 4. The quantitative estimate of drug-likeness (QED) is 0.814. The monoisotopic (exact) mass is 403 g/mol. The Kier molecular flexibility index (Phi) is 7.58. The van der Waals surface area contributed by atoms with Crippen molar-refractivity contribution in [1.82, 2.24) is 19.6 Å². The minimum absolute atomic E-state index is 0. The molecule has 0 spiro atoms. The molecule has 24 heavy (non-hydrogen) atoms. The Balaban J connectivity index is 0.00000144. The Morgan fingerprint density at radius 1 is 1.29 bits per heavy atom. The molecule has 1 atom stereocenters. The van der Waals surface area contributed by atoms with Gasteiger partial charge in [0.05, 0.1) is 12.6 Å². The summed E-state index contributed by atoms with van der Waals surface area (Å²) in [5, 5.41) is 3.49. The summed E-state index contributed by atoms with van der Waals surface area (Å²) in [6, 6.07) is -0.759. The highest BCUT2D eigenvalue weighted by Crippen LogP contribution is 2.26. The molecule has 0 aliphatic carbocycles. The number of hydrogen-bond donors (Lipinski definition) is 1. The zero-order chi connectivity index (χ0) is 15.7. The Morgan fingerprint density at radius 2 is 2.04 bits per heavy atom. The highest BCUT2D eigenvalue weighted by atomic mass is 35.5. The van der Waals surface area contributed by atoms with Crippen molar-refractivity contribution in [3.05, 3.63) is 5.82 Å². The number of anilines is 1. The van der Waals surface area contributed by atoms with Gasteiger partial charge < -0.3 is 9.80 Å². The molecule has 11 heteroatoms. The van der Waals surface area contributed by atoms with Crippen LogP contribution in [-0.2, 0) is 4.79 Å². The van der Waals surface area contributed by atoms with E-state index in [2.05, 4.69) is 19.6 Å². The summed E-state index contributed by atoms with van der Waals surface area (Å²) in [5.74, 6) is -2.25. The van der Waals surface area contributed by atoms with Crippen LogP contribution in [-0.4, -0.2) is 64.9 Å². The van der Waals surface area contributed by atoms with Gasteiger partial charge in [0.15, 0.2) is 0 Å². The lowest BCUT2D eigenvalue weighted by molar-refractivity contribution is -0.133. The number of nitrogens with one attached hydrogen (secondary N) is 1.